The standard InChI is InChI=1S/C7H10FN/c1-4-7(6(3)8)9-5-2/h5H,2-4H2,1H3/b9-7-. The van der Waals surface area contributed by atoms with E-state index in [9.17, 15) is 4.39 Å². The summed E-state index contributed by atoms with van der Waals surface area (Å²) in [5, 5.41) is 0. The Morgan fingerprint density at radius 3 is 2.44 bits per heavy atom. The van der Waals surface area contributed by atoms with Crippen LogP contribution in [0.5, 0.6) is 0 Å². The van der Waals surface area contributed by atoms with Crippen molar-refractivity contribution < 1.29 is 4.39 Å². The maximum Gasteiger partial charge on any atom is 0.137 e. The Balaban J connectivity index is 4.14. The first kappa shape index (κ1) is 8.08. The SMILES string of the molecule is C=C/N=C(/CC)C(=C)F. The van der Waals surface area contributed by atoms with E-state index in [1.54, 1.807) is 0 Å². The number of rotatable bonds is 3. The fourth-order valence-electron chi connectivity index (χ4n) is 0.463. The Bertz CT molecular complexity index is 147. The van der Waals surface area contributed by atoms with E-state index in [4.69, 9.17) is 0 Å². The molecule has 0 unspecified atom stereocenters. The molecule has 9 heavy (non-hydrogen) atoms. The van der Waals surface area contributed by atoms with Gasteiger partial charge >= 0.3 is 0 Å². The van der Waals surface area contributed by atoms with Crippen molar-refractivity contribution in [3.05, 3.63) is 25.2 Å². The molecule has 0 radical (unpaired) electrons. The smallest absolute Gasteiger partial charge is 0.137 e. The van der Waals surface area contributed by atoms with Crippen LogP contribution in [0.3, 0.4) is 0 Å². The second-order valence-electron chi connectivity index (χ2n) is 1.52. The lowest BCUT2D eigenvalue weighted by Gasteiger charge is -1.93. The quantitative estimate of drug-likeness (QED) is 0.516. The largest absolute Gasteiger partial charge is 0.259 e. The Kier molecular flexibility index (Phi) is 3.60. The highest BCUT2D eigenvalue weighted by Crippen LogP contribution is 2.00. The van der Waals surface area contributed by atoms with Gasteiger partial charge in [-0.25, -0.2) is 4.39 Å². The van der Waals surface area contributed by atoms with Gasteiger partial charge in [-0.3, -0.25) is 4.99 Å². The summed E-state index contributed by atoms with van der Waals surface area (Å²) in [6, 6.07) is 0. The van der Waals surface area contributed by atoms with Gasteiger partial charge in [0.05, 0.1) is 5.71 Å². The second kappa shape index (κ2) is 4.01. The normalized spacial score (nSPS) is 11.1. The average Bonchev–Trinajstić information content (AvgIpc) is 1.82. The van der Waals surface area contributed by atoms with Crippen LogP contribution in [-0.4, -0.2) is 5.71 Å². The third-order valence-electron chi connectivity index (χ3n) is 0.895. The molecule has 2 heteroatoms. The lowest BCUT2D eigenvalue weighted by molar-refractivity contribution is 0.681. The Hall–Kier alpha value is -0.920. The summed E-state index contributed by atoms with van der Waals surface area (Å²) in [5.74, 6) is -0.475. The molecule has 0 aliphatic heterocycles. The zero-order valence-electron chi connectivity index (χ0n) is 5.52. The molecule has 0 aliphatic rings. The monoisotopic (exact) mass is 127 g/mol. The zero-order valence-corrected chi connectivity index (χ0v) is 5.52. The van der Waals surface area contributed by atoms with Crippen molar-refractivity contribution in [2.75, 3.05) is 0 Å². The lowest BCUT2D eigenvalue weighted by atomic mass is 10.3. The molecule has 0 saturated heterocycles. The first-order chi connectivity index (χ1) is 4.22. The number of allylic oxidation sites excluding steroid dienone is 1. The molecular weight excluding hydrogens is 117 g/mol. The van der Waals surface area contributed by atoms with Crippen molar-refractivity contribution in [2.24, 2.45) is 4.99 Å². The molecule has 0 aromatic heterocycles. The van der Waals surface area contributed by atoms with Crippen LogP contribution < -0.4 is 0 Å². The van der Waals surface area contributed by atoms with E-state index < -0.39 is 5.83 Å². The van der Waals surface area contributed by atoms with Crippen LogP contribution in [-0.2, 0) is 0 Å². The van der Waals surface area contributed by atoms with E-state index in [-0.39, 0.29) is 0 Å². The molecule has 0 aromatic rings. The molecule has 0 atom stereocenters. The number of nitrogens with zero attached hydrogens (tertiary/aromatic N) is 1. The number of hydrogen-bond acceptors (Lipinski definition) is 1. The van der Waals surface area contributed by atoms with Crippen molar-refractivity contribution in [1.29, 1.82) is 0 Å². The Morgan fingerprint density at radius 1 is 1.78 bits per heavy atom. The van der Waals surface area contributed by atoms with Crippen LogP contribution in [0, 0.1) is 0 Å². The highest BCUT2D eigenvalue weighted by Gasteiger charge is 1.96. The van der Waals surface area contributed by atoms with E-state index in [0.717, 1.165) is 0 Å². The topological polar surface area (TPSA) is 12.4 Å². The molecule has 1 nitrogen and oxygen atoms in total. The van der Waals surface area contributed by atoms with Gasteiger partial charge in [-0.1, -0.05) is 20.1 Å². The predicted molar refractivity (Wildman–Crippen MR) is 38.2 cm³/mol. The molecule has 0 spiro atoms. The van der Waals surface area contributed by atoms with Crippen LogP contribution in [0.1, 0.15) is 13.3 Å². The summed E-state index contributed by atoms with van der Waals surface area (Å²) in [6.45, 7) is 8.25. The minimum atomic E-state index is -0.475. The molecule has 0 aliphatic carbocycles. The molecule has 0 amide bonds. The van der Waals surface area contributed by atoms with Gasteiger partial charge in [0, 0.05) is 6.20 Å². The molecule has 0 aromatic carbocycles. The Labute approximate surface area is 54.6 Å². The van der Waals surface area contributed by atoms with Gasteiger partial charge < -0.3 is 0 Å². The van der Waals surface area contributed by atoms with Crippen LogP contribution in [0.4, 0.5) is 4.39 Å². The summed E-state index contributed by atoms with van der Waals surface area (Å²) >= 11 is 0. The van der Waals surface area contributed by atoms with Crippen LogP contribution in [0.25, 0.3) is 0 Å². The van der Waals surface area contributed by atoms with Crippen molar-refractivity contribution in [1.82, 2.24) is 0 Å². The number of aliphatic imine (C=N–C) groups is 1. The summed E-state index contributed by atoms with van der Waals surface area (Å²) in [6.07, 6.45) is 1.87. The zero-order chi connectivity index (χ0) is 7.28. The highest BCUT2D eigenvalue weighted by atomic mass is 19.1. The molecular formula is C7H10FN. The first-order valence-corrected chi connectivity index (χ1v) is 2.74. The fraction of sp³-hybridized carbons (Fsp3) is 0.286. The average molecular weight is 127 g/mol. The van der Waals surface area contributed by atoms with Crippen LogP contribution >= 0.6 is 0 Å². The van der Waals surface area contributed by atoms with Gasteiger partial charge in [0.15, 0.2) is 0 Å². The highest BCUT2D eigenvalue weighted by molar-refractivity contribution is 5.97. The molecule has 0 heterocycles. The summed E-state index contributed by atoms with van der Waals surface area (Å²) in [5.41, 5.74) is 0.366. The van der Waals surface area contributed by atoms with Gasteiger partial charge in [0.2, 0.25) is 0 Å². The molecule has 0 bridgehead atoms. The summed E-state index contributed by atoms with van der Waals surface area (Å²) in [7, 11) is 0. The summed E-state index contributed by atoms with van der Waals surface area (Å²) in [4.78, 5) is 3.65. The molecule has 0 N–H and O–H groups in total. The second-order valence-corrected chi connectivity index (χ2v) is 1.52. The van der Waals surface area contributed by atoms with Crippen molar-refractivity contribution in [2.45, 2.75) is 13.3 Å². The third-order valence-corrected chi connectivity index (χ3v) is 0.895. The Morgan fingerprint density at radius 2 is 2.33 bits per heavy atom. The molecule has 0 fully saturated rings. The van der Waals surface area contributed by atoms with Gasteiger partial charge in [0.25, 0.3) is 0 Å². The van der Waals surface area contributed by atoms with Gasteiger partial charge in [-0.05, 0) is 6.42 Å². The van der Waals surface area contributed by atoms with E-state index in [0.29, 0.717) is 12.1 Å². The molecule has 0 rings (SSSR count). The van der Waals surface area contributed by atoms with Crippen molar-refractivity contribution >= 4 is 5.71 Å². The maximum absolute atomic E-state index is 12.2. The fourth-order valence-corrected chi connectivity index (χ4v) is 0.463. The number of halogens is 1. The van der Waals surface area contributed by atoms with Crippen LogP contribution in [0.15, 0.2) is 30.2 Å². The van der Waals surface area contributed by atoms with Crippen LogP contribution in [0.2, 0.25) is 0 Å². The van der Waals surface area contributed by atoms with E-state index in [1.165, 1.54) is 6.20 Å². The van der Waals surface area contributed by atoms with Gasteiger partial charge in [-0.15, -0.1) is 0 Å². The van der Waals surface area contributed by atoms with E-state index >= 15 is 0 Å². The summed E-state index contributed by atoms with van der Waals surface area (Å²) < 4.78 is 12.2. The first-order valence-electron chi connectivity index (χ1n) is 2.74. The molecule has 0 saturated carbocycles. The van der Waals surface area contributed by atoms with E-state index in [1.807, 2.05) is 6.92 Å². The predicted octanol–water partition coefficient (Wildman–Crippen LogP) is 2.46. The van der Waals surface area contributed by atoms with Gasteiger partial charge in [0.1, 0.15) is 5.83 Å². The maximum atomic E-state index is 12.2. The minimum absolute atomic E-state index is 0.366. The van der Waals surface area contributed by atoms with Crippen molar-refractivity contribution in [3.63, 3.8) is 0 Å². The lowest BCUT2D eigenvalue weighted by Crippen LogP contribution is -1.93. The third kappa shape index (κ3) is 2.80. The van der Waals surface area contributed by atoms with Gasteiger partial charge in [-0.2, -0.15) is 0 Å². The minimum Gasteiger partial charge on any atom is -0.259 e. The van der Waals surface area contributed by atoms with E-state index in [2.05, 4.69) is 18.2 Å². The molecule has 50 valence electrons. The number of hydrogen-bond donors (Lipinski definition) is 0. The van der Waals surface area contributed by atoms with Crippen molar-refractivity contribution in [3.8, 4) is 0 Å².